The second-order valence-electron chi connectivity index (χ2n) is 7.73. The molecule has 10 heteroatoms. The number of carbonyl (C=O) groups excluding carboxylic acids is 2. The van der Waals surface area contributed by atoms with Crippen molar-refractivity contribution in [1.82, 2.24) is 10.2 Å². The Bertz CT molecular complexity index is 1040. The van der Waals surface area contributed by atoms with Gasteiger partial charge in [-0.15, -0.1) is 0 Å². The molecule has 2 rings (SSSR count). The second-order valence-corrected chi connectivity index (χ2v) is 10.6. The van der Waals surface area contributed by atoms with Crippen LogP contribution in [0.2, 0.25) is 0 Å². The van der Waals surface area contributed by atoms with E-state index >= 15 is 0 Å². The van der Waals surface area contributed by atoms with Gasteiger partial charge in [0, 0.05) is 17.1 Å². The molecule has 0 aromatic heterocycles. The number of nitrogens with zero attached hydrogens (tertiary/aromatic N) is 2. The Hall–Kier alpha value is -2.46. The minimum absolute atomic E-state index is 0.111. The van der Waals surface area contributed by atoms with Gasteiger partial charge in [-0.1, -0.05) is 28.1 Å². The van der Waals surface area contributed by atoms with Crippen molar-refractivity contribution in [1.29, 1.82) is 0 Å². The van der Waals surface area contributed by atoms with Crippen molar-refractivity contribution in [3.63, 3.8) is 0 Å². The number of halogens is 2. The first-order chi connectivity index (χ1) is 14.9. The monoisotopic (exact) mass is 527 g/mol. The molecule has 2 aromatic carbocycles. The lowest BCUT2D eigenvalue weighted by atomic mass is 10.1. The van der Waals surface area contributed by atoms with Crippen LogP contribution in [0.5, 0.6) is 0 Å². The molecule has 174 valence electrons. The van der Waals surface area contributed by atoms with E-state index in [1.807, 2.05) is 38.1 Å². The normalized spacial score (nSPS) is 12.3. The van der Waals surface area contributed by atoms with Crippen molar-refractivity contribution in [2.45, 2.75) is 39.4 Å². The van der Waals surface area contributed by atoms with Crippen LogP contribution in [0.15, 0.2) is 53.0 Å². The molecule has 0 radical (unpaired) electrons. The summed E-state index contributed by atoms with van der Waals surface area (Å²) in [5.41, 5.74) is 0.934. The standard InChI is InChI=1S/C22H27BrFN3O4S/c1-15(2)25-22(29)16(3)26(13-17-5-7-18(23)8-6-17)21(28)14-27(32(4,30)31)20-11-9-19(24)10-12-20/h5-12,15-16H,13-14H2,1-4H3,(H,25,29)/t16-/m1/s1. The number of amides is 2. The first-order valence-electron chi connectivity index (χ1n) is 9.96. The third kappa shape index (κ3) is 7.30. The van der Waals surface area contributed by atoms with E-state index in [0.717, 1.165) is 32.7 Å². The Balaban J connectivity index is 2.36. The number of anilines is 1. The average Bonchev–Trinajstić information content (AvgIpc) is 2.70. The smallest absolute Gasteiger partial charge is 0.244 e. The topological polar surface area (TPSA) is 86.8 Å². The molecule has 7 nitrogen and oxygen atoms in total. The van der Waals surface area contributed by atoms with E-state index in [-0.39, 0.29) is 24.2 Å². The van der Waals surface area contributed by atoms with Gasteiger partial charge >= 0.3 is 0 Å². The summed E-state index contributed by atoms with van der Waals surface area (Å²) < 4.78 is 39.9. The molecule has 0 aliphatic rings. The van der Waals surface area contributed by atoms with Gasteiger partial charge in [0.05, 0.1) is 11.9 Å². The lowest BCUT2D eigenvalue weighted by Crippen LogP contribution is -2.52. The largest absolute Gasteiger partial charge is 0.352 e. The van der Waals surface area contributed by atoms with Crippen molar-refractivity contribution < 1.29 is 22.4 Å². The Morgan fingerprint density at radius 2 is 1.59 bits per heavy atom. The Morgan fingerprint density at radius 1 is 1.03 bits per heavy atom. The number of nitrogens with one attached hydrogen (secondary N) is 1. The van der Waals surface area contributed by atoms with Crippen LogP contribution < -0.4 is 9.62 Å². The van der Waals surface area contributed by atoms with Gasteiger partial charge in [0.1, 0.15) is 18.4 Å². The van der Waals surface area contributed by atoms with E-state index in [9.17, 15) is 22.4 Å². The van der Waals surface area contributed by atoms with E-state index in [1.165, 1.54) is 17.0 Å². The summed E-state index contributed by atoms with van der Waals surface area (Å²) in [7, 11) is -3.85. The van der Waals surface area contributed by atoms with Crippen molar-refractivity contribution in [3.05, 3.63) is 64.4 Å². The van der Waals surface area contributed by atoms with Crippen LogP contribution in [0.25, 0.3) is 0 Å². The number of carbonyl (C=O) groups is 2. The van der Waals surface area contributed by atoms with Gasteiger partial charge in [0.2, 0.25) is 21.8 Å². The van der Waals surface area contributed by atoms with Gasteiger partial charge in [-0.2, -0.15) is 0 Å². The molecule has 0 fully saturated rings. The molecule has 1 atom stereocenters. The van der Waals surface area contributed by atoms with Gasteiger partial charge in [-0.25, -0.2) is 12.8 Å². The van der Waals surface area contributed by atoms with Crippen molar-refractivity contribution in [3.8, 4) is 0 Å². The molecule has 1 N–H and O–H groups in total. The molecule has 0 saturated heterocycles. The molecule has 32 heavy (non-hydrogen) atoms. The fraction of sp³-hybridized carbons (Fsp3) is 0.364. The molecule has 2 aromatic rings. The molecule has 0 heterocycles. The highest BCUT2D eigenvalue weighted by atomic mass is 79.9. The number of sulfonamides is 1. The number of benzene rings is 2. The summed E-state index contributed by atoms with van der Waals surface area (Å²) in [4.78, 5) is 27.3. The minimum Gasteiger partial charge on any atom is -0.352 e. The first kappa shape index (κ1) is 25.8. The average molecular weight is 528 g/mol. The number of hydrogen-bond donors (Lipinski definition) is 1. The Kier molecular flexibility index (Phi) is 8.80. The van der Waals surface area contributed by atoms with Gasteiger partial charge in [0.25, 0.3) is 0 Å². The van der Waals surface area contributed by atoms with E-state index in [2.05, 4.69) is 21.2 Å². The molecule has 0 unspecified atom stereocenters. The van der Waals surface area contributed by atoms with Crippen molar-refractivity contribution in [2.75, 3.05) is 17.1 Å². The SMILES string of the molecule is CC(C)NC(=O)[C@@H](C)N(Cc1ccc(Br)cc1)C(=O)CN(c1ccc(F)cc1)S(C)(=O)=O. The molecule has 2 amide bonds. The zero-order valence-electron chi connectivity index (χ0n) is 18.4. The summed E-state index contributed by atoms with van der Waals surface area (Å²) in [6.07, 6.45) is 0.970. The van der Waals surface area contributed by atoms with Crippen LogP contribution in [-0.4, -0.2) is 50.0 Å². The quantitative estimate of drug-likeness (QED) is 0.542. The summed E-state index contributed by atoms with van der Waals surface area (Å²) in [5, 5.41) is 2.78. The lowest BCUT2D eigenvalue weighted by molar-refractivity contribution is -0.139. The summed E-state index contributed by atoms with van der Waals surface area (Å²) in [6.45, 7) is 4.80. The van der Waals surface area contributed by atoms with E-state index in [1.54, 1.807) is 6.92 Å². The minimum atomic E-state index is -3.85. The van der Waals surface area contributed by atoms with Crippen LogP contribution in [0.4, 0.5) is 10.1 Å². The zero-order valence-corrected chi connectivity index (χ0v) is 20.8. The fourth-order valence-electron chi connectivity index (χ4n) is 3.00. The lowest BCUT2D eigenvalue weighted by Gasteiger charge is -2.31. The molecule has 0 aliphatic carbocycles. The van der Waals surface area contributed by atoms with Crippen LogP contribution >= 0.6 is 15.9 Å². The summed E-state index contributed by atoms with van der Waals surface area (Å²) in [5.74, 6) is -1.43. The highest BCUT2D eigenvalue weighted by molar-refractivity contribution is 9.10. The summed E-state index contributed by atoms with van der Waals surface area (Å²) in [6, 6.07) is 11.1. The predicted octanol–water partition coefficient (Wildman–Crippen LogP) is 3.30. The molecular weight excluding hydrogens is 501 g/mol. The zero-order chi connectivity index (χ0) is 24.1. The summed E-state index contributed by atoms with van der Waals surface area (Å²) >= 11 is 3.36. The Morgan fingerprint density at radius 3 is 2.09 bits per heavy atom. The molecule has 0 spiro atoms. The van der Waals surface area contributed by atoms with Crippen LogP contribution in [0.3, 0.4) is 0 Å². The number of rotatable bonds is 9. The van der Waals surface area contributed by atoms with Gasteiger partial charge in [0.15, 0.2) is 0 Å². The van der Waals surface area contributed by atoms with Crippen molar-refractivity contribution in [2.24, 2.45) is 0 Å². The fourth-order valence-corrected chi connectivity index (χ4v) is 4.11. The maximum atomic E-state index is 13.3. The highest BCUT2D eigenvalue weighted by Crippen LogP contribution is 2.20. The van der Waals surface area contributed by atoms with Crippen LogP contribution in [0, 0.1) is 5.82 Å². The predicted molar refractivity (Wildman–Crippen MR) is 126 cm³/mol. The maximum absolute atomic E-state index is 13.3. The number of hydrogen-bond acceptors (Lipinski definition) is 4. The van der Waals surface area contributed by atoms with E-state index < -0.39 is 34.3 Å². The van der Waals surface area contributed by atoms with E-state index in [4.69, 9.17) is 0 Å². The van der Waals surface area contributed by atoms with Crippen LogP contribution in [0.1, 0.15) is 26.3 Å². The third-order valence-electron chi connectivity index (χ3n) is 4.66. The van der Waals surface area contributed by atoms with E-state index in [0.29, 0.717) is 0 Å². The molecule has 0 saturated carbocycles. The third-order valence-corrected chi connectivity index (χ3v) is 6.33. The van der Waals surface area contributed by atoms with Gasteiger partial charge < -0.3 is 10.2 Å². The van der Waals surface area contributed by atoms with Crippen LogP contribution in [-0.2, 0) is 26.2 Å². The molecule has 0 aliphatic heterocycles. The maximum Gasteiger partial charge on any atom is 0.244 e. The molecular formula is C22H27BrFN3O4S. The molecule has 0 bridgehead atoms. The van der Waals surface area contributed by atoms with Crippen molar-refractivity contribution >= 4 is 43.5 Å². The second kappa shape index (κ2) is 10.9. The Labute approximate surface area is 196 Å². The van der Waals surface area contributed by atoms with Gasteiger partial charge in [-0.3, -0.25) is 13.9 Å². The highest BCUT2D eigenvalue weighted by Gasteiger charge is 2.30. The first-order valence-corrected chi connectivity index (χ1v) is 12.6. The van der Waals surface area contributed by atoms with Gasteiger partial charge in [-0.05, 0) is 62.7 Å².